The number of hydrogen-bond donors (Lipinski definition) is 0. The van der Waals surface area contributed by atoms with Crippen LogP contribution in [-0.4, -0.2) is 52.1 Å². The van der Waals surface area contributed by atoms with Crippen LogP contribution in [0.3, 0.4) is 0 Å². The van der Waals surface area contributed by atoms with Crippen molar-refractivity contribution in [1.29, 1.82) is 0 Å². The SMILES string of the molecule is O=C1[C@H]2N=NN(CC(=O)N3N=C(c4ccc(Br)cc4)C[C@H]3c3ccccc3)[C@@H]2C(=O)N1c1cccc2ccccc12. The number of halogens is 1. The Labute approximate surface area is 243 Å². The third-order valence-electron chi connectivity index (χ3n) is 7.69. The van der Waals surface area contributed by atoms with Crippen LogP contribution in [0.5, 0.6) is 0 Å². The average molecular weight is 607 g/mol. The topological polar surface area (TPSA) is 98.0 Å². The second kappa shape index (κ2) is 10.0. The van der Waals surface area contributed by atoms with Gasteiger partial charge in [-0.1, -0.05) is 100 Å². The lowest BCUT2D eigenvalue weighted by atomic mass is 9.98. The van der Waals surface area contributed by atoms with Crippen molar-refractivity contribution in [3.8, 4) is 0 Å². The van der Waals surface area contributed by atoms with Gasteiger partial charge < -0.3 is 0 Å². The minimum absolute atomic E-state index is 0.243. The molecule has 0 aromatic heterocycles. The number of carbonyl (C=O) groups excluding carboxylic acids is 3. The summed E-state index contributed by atoms with van der Waals surface area (Å²) in [6, 6.07) is 28.3. The number of carbonyl (C=O) groups is 3. The number of amides is 3. The number of imide groups is 1. The molecule has 1 fully saturated rings. The molecular formula is C31H23BrN6O3. The molecule has 10 heteroatoms. The van der Waals surface area contributed by atoms with Crippen LogP contribution in [0.4, 0.5) is 5.69 Å². The van der Waals surface area contributed by atoms with E-state index in [1.165, 1.54) is 14.9 Å². The zero-order valence-corrected chi connectivity index (χ0v) is 23.3. The van der Waals surface area contributed by atoms with Gasteiger partial charge in [-0.3, -0.25) is 19.4 Å². The Hall–Kier alpha value is -4.70. The van der Waals surface area contributed by atoms with Crippen molar-refractivity contribution < 1.29 is 14.4 Å². The number of benzene rings is 4. The van der Waals surface area contributed by atoms with Gasteiger partial charge in [-0.25, -0.2) is 9.91 Å². The largest absolute Gasteiger partial charge is 0.271 e. The van der Waals surface area contributed by atoms with Gasteiger partial charge in [-0.05, 0) is 34.7 Å². The second-order valence-electron chi connectivity index (χ2n) is 10.1. The Bertz CT molecular complexity index is 1750. The van der Waals surface area contributed by atoms with E-state index in [0.29, 0.717) is 12.1 Å². The lowest BCUT2D eigenvalue weighted by molar-refractivity contribution is -0.135. The van der Waals surface area contributed by atoms with Gasteiger partial charge in [-0.2, -0.15) is 10.2 Å². The van der Waals surface area contributed by atoms with E-state index in [1.54, 1.807) is 6.07 Å². The van der Waals surface area contributed by atoms with Crippen molar-refractivity contribution in [1.82, 2.24) is 10.0 Å². The molecule has 4 aromatic rings. The van der Waals surface area contributed by atoms with E-state index in [4.69, 9.17) is 5.10 Å². The molecule has 4 aromatic carbocycles. The summed E-state index contributed by atoms with van der Waals surface area (Å²) in [6.45, 7) is -0.243. The molecule has 202 valence electrons. The molecule has 9 nitrogen and oxygen atoms in total. The van der Waals surface area contributed by atoms with Crippen LogP contribution in [0.1, 0.15) is 23.6 Å². The maximum atomic E-state index is 13.8. The number of hydrogen-bond acceptors (Lipinski definition) is 7. The fourth-order valence-electron chi connectivity index (χ4n) is 5.70. The summed E-state index contributed by atoms with van der Waals surface area (Å²) >= 11 is 3.46. The van der Waals surface area contributed by atoms with Crippen molar-refractivity contribution in [2.24, 2.45) is 15.4 Å². The van der Waals surface area contributed by atoms with Gasteiger partial charge in [0.15, 0.2) is 12.1 Å². The van der Waals surface area contributed by atoms with Crippen LogP contribution in [0.25, 0.3) is 10.8 Å². The molecule has 7 rings (SSSR count). The number of nitrogens with zero attached hydrogens (tertiary/aromatic N) is 6. The molecule has 1 saturated heterocycles. The Morgan fingerprint density at radius 2 is 1.59 bits per heavy atom. The molecule has 41 heavy (non-hydrogen) atoms. The summed E-state index contributed by atoms with van der Waals surface area (Å²) in [4.78, 5) is 42.0. The number of rotatable bonds is 5. The standard InChI is InChI=1S/C31H23BrN6O3/c32-22-15-13-20(14-16-22)24-17-26(21-8-2-1-3-9-21)38(34-24)27(39)18-36-29-28(33-35-36)30(40)37(31(29)41)25-12-6-10-19-7-4-5-11-23(19)25/h1-16,26,28-29H,17-18H2/t26-,28-,29-/m0/s1. The number of fused-ring (bicyclic) bond motifs is 2. The zero-order chi connectivity index (χ0) is 28.1. The number of hydrazone groups is 1. The van der Waals surface area contributed by atoms with Crippen molar-refractivity contribution in [3.63, 3.8) is 0 Å². The normalized spacial score (nSPS) is 21.6. The smallest absolute Gasteiger partial charge is 0.264 e. The van der Waals surface area contributed by atoms with Crippen LogP contribution in [0.15, 0.2) is 117 Å². The third-order valence-corrected chi connectivity index (χ3v) is 8.22. The van der Waals surface area contributed by atoms with Gasteiger partial charge >= 0.3 is 0 Å². The first-order valence-corrected chi connectivity index (χ1v) is 14.0. The lowest BCUT2D eigenvalue weighted by Gasteiger charge is -2.25. The summed E-state index contributed by atoms with van der Waals surface area (Å²) in [7, 11) is 0. The quantitative estimate of drug-likeness (QED) is 0.289. The first-order chi connectivity index (χ1) is 20.0. The molecule has 0 aliphatic carbocycles. The zero-order valence-electron chi connectivity index (χ0n) is 21.7. The minimum Gasteiger partial charge on any atom is -0.271 e. The molecule has 0 unspecified atom stereocenters. The maximum Gasteiger partial charge on any atom is 0.264 e. The van der Waals surface area contributed by atoms with Crippen LogP contribution in [0.2, 0.25) is 0 Å². The highest BCUT2D eigenvalue weighted by Gasteiger charge is 2.55. The highest BCUT2D eigenvalue weighted by molar-refractivity contribution is 9.10. The molecule has 0 bridgehead atoms. The molecule has 3 aliphatic rings. The minimum atomic E-state index is -1.00. The van der Waals surface area contributed by atoms with E-state index in [1.807, 2.05) is 91.0 Å². The Morgan fingerprint density at radius 3 is 2.39 bits per heavy atom. The van der Waals surface area contributed by atoms with Crippen molar-refractivity contribution in [2.75, 3.05) is 11.4 Å². The summed E-state index contributed by atoms with van der Waals surface area (Å²) in [5.41, 5.74) is 3.16. The van der Waals surface area contributed by atoms with E-state index in [0.717, 1.165) is 32.1 Å². The predicted molar refractivity (Wildman–Crippen MR) is 157 cm³/mol. The highest BCUT2D eigenvalue weighted by Crippen LogP contribution is 2.37. The summed E-state index contributed by atoms with van der Waals surface area (Å²) < 4.78 is 0.953. The average Bonchev–Trinajstić information content (AvgIpc) is 3.69. The van der Waals surface area contributed by atoms with Crippen molar-refractivity contribution in [2.45, 2.75) is 24.5 Å². The van der Waals surface area contributed by atoms with E-state index in [2.05, 4.69) is 26.3 Å². The molecule has 0 spiro atoms. The van der Waals surface area contributed by atoms with Gasteiger partial charge in [-0.15, -0.1) is 0 Å². The van der Waals surface area contributed by atoms with Gasteiger partial charge in [0.1, 0.15) is 6.54 Å². The summed E-state index contributed by atoms with van der Waals surface area (Å²) in [5.74, 6) is -1.24. The third kappa shape index (κ3) is 4.31. The molecular weight excluding hydrogens is 584 g/mol. The molecule has 0 saturated carbocycles. The van der Waals surface area contributed by atoms with E-state index < -0.39 is 23.9 Å². The Kier molecular flexibility index (Phi) is 6.19. The fraction of sp³-hybridized carbons (Fsp3) is 0.161. The highest BCUT2D eigenvalue weighted by atomic mass is 79.9. The van der Waals surface area contributed by atoms with Crippen molar-refractivity contribution in [3.05, 3.63) is 113 Å². The second-order valence-corrected chi connectivity index (χ2v) is 11.0. The van der Waals surface area contributed by atoms with E-state index >= 15 is 0 Å². The van der Waals surface area contributed by atoms with E-state index in [9.17, 15) is 14.4 Å². The molecule has 0 radical (unpaired) electrons. The monoisotopic (exact) mass is 606 g/mol. The van der Waals surface area contributed by atoms with Gasteiger partial charge in [0.05, 0.1) is 17.4 Å². The van der Waals surface area contributed by atoms with Gasteiger partial charge in [0.25, 0.3) is 17.7 Å². The van der Waals surface area contributed by atoms with Gasteiger partial charge in [0, 0.05) is 16.3 Å². The fourth-order valence-corrected chi connectivity index (χ4v) is 5.96. The van der Waals surface area contributed by atoms with Crippen LogP contribution in [-0.2, 0) is 14.4 Å². The molecule has 3 heterocycles. The summed E-state index contributed by atoms with van der Waals surface area (Å²) in [5, 5.41) is 17.4. The summed E-state index contributed by atoms with van der Waals surface area (Å²) in [6.07, 6.45) is 0.539. The predicted octanol–water partition coefficient (Wildman–Crippen LogP) is 5.27. The maximum absolute atomic E-state index is 13.8. The van der Waals surface area contributed by atoms with Gasteiger partial charge in [0.2, 0.25) is 0 Å². The van der Waals surface area contributed by atoms with Crippen LogP contribution >= 0.6 is 15.9 Å². The Morgan fingerprint density at radius 1 is 0.854 bits per heavy atom. The lowest BCUT2D eigenvalue weighted by Crippen LogP contribution is -2.44. The van der Waals surface area contributed by atoms with E-state index in [-0.39, 0.29) is 18.5 Å². The molecule has 3 aliphatic heterocycles. The number of anilines is 1. The van der Waals surface area contributed by atoms with Crippen LogP contribution < -0.4 is 4.90 Å². The molecule has 3 amide bonds. The Balaban J connectivity index is 1.16. The molecule has 0 N–H and O–H groups in total. The molecule has 3 atom stereocenters. The van der Waals surface area contributed by atoms with Crippen LogP contribution in [0, 0.1) is 0 Å². The first-order valence-electron chi connectivity index (χ1n) is 13.2. The first kappa shape index (κ1) is 25.3. The van der Waals surface area contributed by atoms with Crippen molar-refractivity contribution >= 4 is 55.8 Å².